The lowest BCUT2D eigenvalue weighted by Gasteiger charge is -2.11. The summed E-state index contributed by atoms with van der Waals surface area (Å²) in [6.45, 7) is 0.0977. The Balaban J connectivity index is 1.44. The van der Waals surface area contributed by atoms with Gasteiger partial charge in [0, 0.05) is 17.8 Å². The number of benzene rings is 2. The molecule has 0 radical (unpaired) electrons. The molecule has 5 rings (SSSR count). The fraction of sp³-hybridized carbons (Fsp3) is 0.0357. The number of amides is 2. The van der Waals surface area contributed by atoms with Crippen LogP contribution in [0.2, 0.25) is 5.02 Å². The Morgan fingerprint density at radius 3 is 2.46 bits per heavy atom. The maximum atomic E-state index is 14.7. The number of nitrogens with one attached hydrogen (secondary N) is 2. The van der Waals surface area contributed by atoms with E-state index >= 15 is 0 Å². The molecule has 0 aliphatic heterocycles. The molecule has 3 heterocycles. The zero-order chi connectivity index (χ0) is 27.4. The minimum absolute atomic E-state index is 0.0143. The van der Waals surface area contributed by atoms with Gasteiger partial charge in [0.2, 0.25) is 0 Å². The van der Waals surface area contributed by atoms with E-state index < -0.39 is 17.6 Å². The molecule has 0 atom stereocenters. The van der Waals surface area contributed by atoms with Gasteiger partial charge in [-0.1, -0.05) is 35.9 Å². The van der Waals surface area contributed by atoms with Crippen LogP contribution in [-0.4, -0.2) is 36.7 Å². The van der Waals surface area contributed by atoms with Crippen molar-refractivity contribution in [2.24, 2.45) is 0 Å². The average Bonchev–Trinajstić information content (AvgIpc) is 3.37. The van der Waals surface area contributed by atoms with Crippen molar-refractivity contribution in [3.8, 4) is 22.7 Å². The van der Waals surface area contributed by atoms with Crippen LogP contribution >= 0.6 is 11.6 Å². The number of aromatic nitrogens is 4. The van der Waals surface area contributed by atoms with Crippen LogP contribution in [0.15, 0.2) is 91.3 Å². The molecule has 3 N–H and O–H groups in total. The van der Waals surface area contributed by atoms with E-state index in [1.54, 1.807) is 48.5 Å². The summed E-state index contributed by atoms with van der Waals surface area (Å²) in [7, 11) is 0. The van der Waals surface area contributed by atoms with Crippen LogP contribution in [-0.2, 0) is 6.54 Å². The Labute approximate surface area is 226 Å². The molecule has 0 bridgehead atoms. The first kappa shape index (κ1) is 25.6. The van der Waals surface area contributed by atoms with E-state index in [4.69, 9.17) is 11.6 Å². The molecule has 0 unspecified atom stereocenters. The van der Waals surface area contributed by atoms with Crippen LogP contribution in [0, 0.1) is 5.82 Å². The van der Waals surface area contributed by atoms with Crippen molar-refractivity contribution in [2.45, 2.75) is 6.54 Å². The summed E-state index contributed by atoms with van der Waals surface area (Å²) in [5.74, 6) is -1.55. The maximum Gasteiger partial charge on any atom is 0.272 e. The number of rotatable bonds is 7. The number of pyridine rings is 2. The first-order valence-corrected chi connectivity index (χ1v) is 12.1. The van der Waals surface area contributed by atoms with Crippen LogP contribution in [0.25, 0.3) is 16.9 Å². The molecule has 0 saturated heterocycles. The summed E-state index contributed by atoms with van der Waals surface area (Å²) in [6.07, 6.45) is 2.80. The standard InChI is InChI=1S/C28H20ClFN6O3/c29-22-13-23(30)21(24-8-4-5-11-31-24)12-20(22)27(38)34-26-14-25(35-36(26)18-6-2-1-3-7-18)28(39)33-15-17-9-10-19(37)16-32-17/h1-14,16,37H,15H2,(H,33,39)(H,34,38). The molecule has 11 heteroatoms. The number of anilines is 1. The van der Waals surface area contributed by atoms with Crippen molar-refractivity contribution in [1.82, 2.24) is 25.1 Å². The van der Waals surface area contributed by atoms with E-state index in [0.29, 0.717) is 17.1 Å². The minimum atomic E-state index is -0.630. The van der Waals surface area contributed by atoms with Crippen molar-refractivity contribution in [2.75, 3.05) is 5.32 Å². The van der Waals surface area contributed by atoms with Gasteiger partial charge >= 0.3 is 0 Å². The van der Waals surface area contributed by atoms with E-state index in [1.807, 2.05) is 6.07 Å². The van der Waals surface area contributed by atoms with Crippen LogP contribution < -0.4 is 10.6 Å². The first-order chi connectivity index (χ1) is 18.9. The molecule has 0 aliphatic rings. The fourth-order valence-electron chi connectivity index (χ4n) is 3.75. The molecule has 39 heavy (non-hydrogen) atoms. The van der Waals surface area contributed by atoms with Crippen molar-refractivity contribution in [3.63, 3.8) is 0 Å². The van der Waals surface area contributed by atoms with Gasteiger partial charge in [0.15, 0.2) is 5.69 Å². The smallest absolute Gasteiger partial charge is 0.272 e. The van der Waals surface area contributed by atoms with E-state index in [2.05, 4.69) is 25.7 Å². The van der Waals surface area contributed by atoms with Crippen molar-refractivity contribution >= 4 is 29.2 Å². The largest absolute Gasteiger partial charge is 0.506 e. The van der Waals surface area contributed by atoms with Crippen molar-refractivity contribution in [3.05, 3.63) is 119 Å². The lowest BCUT2D eigenvalue weighted by Crippen LogP contribution is -2.23. The number of nitrogens with zero attached hydrogens (tertiary/aromatic N) is 4. The molecular formula is C28H20ClFN6O3. The zero-order valence-electron chi connectivity index (χ0n) is 20.2. The second-order valence-electron chi connectivity index (χ2n) is 8.33. The Kier molecular flexibility index (Phi) is 7.28. The SMILES string of the molecule is O=C(NCc1ccc(O)cn1)c1cc(NC(=O)c2cc(-c3ccccn3)c(F)cc2Cl)n(-c2ccccc2)n1. The van der Waals surface area contributed by atoms with Crippen LogP contribution in [0.1, 0.15) is 26.5 Å². The third kappa shape index (κ3) is 5.76. The van der Waals surface area contributed by atoms with E-state index in [-0.39, 0.29) is 40.0 Å². The fourth-order valence-corrected chi connectivity index (χ4v) is 3.99. The number of halogens is 2. The highest BCUT2D eigenvalue weighted by Crippen LogP contribution is 2.28. The summed E-state index contributed by atoms with van der Waals surface area (Å²) >= 11 is 6.24. The van der Waals surface area contributed by atoms with Gasteiger partial charge in [-0.15, -0.1) is 0 Å². The van der Waals surface area contributed by atoms with Crippen LogP contribution in [0.4, 0.5) is 10.2 Å². The molecule has 0 fully saturated rings. The molecule has 0 saturated carbocycles. The van der Waals surface area contributed by atoms with E-state index in [9.17, 15) is 19.1 Å². The zero-order valence-corrected chi connectivity index (χ0v) is 20.9. The second kappa shape index (κ2) is 11.1. The summed E-state index contributed by atoms with van der Waals surface area (Å²) in [4.78, 5) is 34.4. The maximum absolute atomic E-state index is 14.7. The number of hydrogen-bond donors (Lipinski definition) is 3. The Bertz CT molecular complexity index is 1640. The minimum Gasteiger partial charge on any atom is -0.506 e. The van der Waals surface area contributed by atoms with Crippen molar-refractivity contribution in [1.29, 1.82) is 0 Å². The first-order valence-electron chi connectivity index (χ1n) is 11.7. The van der Waals surface area contributed by atoms with Gasteiger partial charge in [0.25, 0.3) is 11.8 Å². The average molecular weight is 543 g/mol. The Hall–Kier alpha value is -5.09. The van der Waals surface area contributed by atoms with Gasteiger partial charge in [-0.2, -0.15) is 5.10 Å². The molecule has 2 amide bonds. The molecule has 3 aromatic heterocycles. The summed E-state index contributed by atoms with van der Waals surface area (Å²) < 4.78 is 16.1. The number of carbonyl (C=O) groups is 2. The van der Waals surface area contributed by atoms with Gasteiger partial charge < -0.3 is 15.7 Å². The van der Waals surface area contributed by atoms with Crippen molar-refractivity contribution < 1.29 is 19.1 Å². The van der Waals surface area contributed by atoms with Gasteiger partial charge in [0.05, 0.1) is 40.4 Å². The summed E-state index contributed by atoms with van der Waals surface area (Å²) in [6, 6.07) is 20.8. The highest BCUT2D eigenvalue weighted by molar-refractivity contribution is 6.34. The quantitative estimate of drug-likeness (QED) is 0.266. The monoisotopic (exact) mass is 542 g/mol. The molecule has 0 aliphatic carbocycles. The van der Waals surface area contributed by atoms with Gasteiger partial charge in [-0.25, -0.2) is 9.07 Å². The Morgan fingerprint density at radius 1 is 0.949 bits per heavy atom. The highest BCUT2D eigenvalue weighted by atomic mass is 35.5. The number of carbonyl (C=O) groups excluding carboxylic acids is 2. The second-order valence-corrected chi connectivity index (χ2v) is 8.74. The number of aromatic hydroxyl groups is 1. The lowest BCUT2D eigenvalue weighted by molar-refractivity contribution is 0.0944. The third-order valence-corrected chi connectivity index (χ3v) is 5.98. The van der Waals surface area contributed by atoms with E-state index in [1.165, 1.54) is 35.3 Å². The molecule has 194 valence electrons. The number of hydrogen-bond acceptors (Lipinski definition) is 6. The normalized spacial score (nSPS) is 10.7. The predicted molar refractivity (Wildman–Crippen MR) is 143 cm³/mol. The van der Waals surface area contributed by atoms with E-state index in [0.717, 1.165) is 6.07 Å². The lowest BCUT2D eigenvalue weighted by atomic mass is 10.1. The molecule has 5 aromatic rings. The van der Waals surface area contributed by atoms with Crippen LogP contribution in [0.3, 0.4) is 0 Å². The topological polar surface area (TPSA) is 122 Å². The molecule has 2 aromatic carbocycles. The Morgan fingerprint density at radius 2 is 1.74 bits per heavy atom. The van der Waals surface area contributed by atoms with Gasteiger partial charge in [0.1, 0.15) is 17.4 Å². The number of para-hydroxylation sites is 1. The summed E-state index contributed by atoms with van der Waals surface area (Å²) in [5.41, 5.74) is 1.64. The van der Waals surface area contributed by atoms with Crippen LogP contribution in [0.5, 0.6) is 5.75 Å². The highest BCUT2D eigenvalue weighted by Gasteiger charge is 2.21. The molecular weight excluding hydrogens is 523 g/mol. The summed E-state index contributed by atoms with van der Waals surface area (Å²) in [5, 5.41) is 19.1. The van der Waals surface area contributed by atoms with Gasteiger partial charge in [-0.05, 0) is 48.5 Å². The third-order valence-electron chi connectivity index (χ3n) is 5.67. The molecule has 0 spiro atoms. The molecule has 9 nitrogen and oxygen atoms in total. The predicted octanol–water partition coefficient (Wildman–Crippen LogP) is 5.01. The van der Waals surface area contributed by atoms with Gasteiger partial charge in [-0.3, -0.25) is 19.6 Å².